The Balaban J connectivity index is 1.78. The zero-order chi connectivity index (χ0) is 15.7. The van der Waals surface area contributed by atoms with Crippen molar-refractivity contribution in [2.45, 2.75) is 19.0 Å². The fourth-order valence-corrected chi connectivity index (χ4v) is 2.41. The Labute approximate surface area is 123 Å². The molecule has 1 aliphatic rings. The van der Waals surface area contributed by atoms with Crippen LogP contribution in [0.15, 0.2) is 18.2 Å². The van der Waals surface area contributed by atoms with Crippen molar-refractivity contribution in [3.05, 3.63) is 23.8 Å². The van der Waals surface area contributed by atoms with E-state index in [0.29, 0.717) is 18.7 Å². The number of benzene rings is 1. The van der Waals surface area contributed by atoms with Crippen LogP contribution in [0.25, 0.3) is 11.0 Å². The van der Waals surface area contributed by atoms with Gasteiger partial charge < -0.3 is 9.72 Å². The molecule has 0 spiro atoms. The molecule has 1 fully saturated rings. The molecule has 8 heteroatoms. The number of H-pyrrole nitrogens is 1. The molecule has 22 heavy (non-hydrogen) atoms. The summed E-state index contributed by atoms with van der Waals surface area (Å²) in [4.78, 5) is 18.8. The molecular formula is C14H14F3N3O2. The number of aromatic nitrogens is 2. The number of rotatable bonds is 2. The van der Waals surface area contributed by atoms with Gasteiger partial charge in [0.25, 0.3) is 0 Å². The van der Waals surface area contributed by atoms with Gasteiger partial charge in [0, 0.05) is 6.61 Å². The zero-order valence-electron chi connectivity index (χ0n) is 11.5. The summed E-state index contributed by atoms with van der Waals surface area (Å²) >= 11 is 0. The predicted molar refractivity (Wildman–Crippen MR) is 73.3 cm³/mol. The summed E-state index contributed by atoms with van der Waals surface area (Å²) in [6.07, 6.45) is -2.88. The van der Waals surface area contributed by atoms with Crippen LogP contribution in [-0.4, -0.2) is 29.1 Å². The summed E-state index contributed by atoms with van der Waals surface area (Å²) in [7, 11) is 0. The smallest absolute Gasteiger partial charge is 0.381 e. The molecule has 2 aromatic rings. The Kier molecular flexibility index (Phi) is 3.78. The molecule has 1 atom stereocenters. The molecule has 1 aromatic heterocycles. The zero-order valence-corrected chi connectivity index (χ0v) is 11.5. The summed E-state index contributed by atoms with van der Waals surface area (Å²) in [6, 6.07) is 3.21. The third-order valence-corrected chi connectivity index (χ3v) is 3.58. The van der Waals surface area contributed by atoms with E-state index >= 15 is 0 Å². The van der Waals surface area contributed by atoms with Gasteiger partial charge in [-0.2, -0.15) is 13.2 Å². The Morgan fingerprint density at radius 1 is 1.41 bits per heavy atom. The van der Waals surface area contributed by atoms with Gasteiger partial charge in [0.2, 0.25) is 11.9 Å². The second kappa shape index (κ2) is 5.60. The van der Waals surface area contributed by atoms with E-state index in [1.165, 1.54) is 6.07 Å². The fraction of sp³-hybridized carbons (Fsp3) is 0.429. The van der Waals surface area contributed by atoms with Gasteiger partial charge in [0.15, 0.2) is 0 Å². The number of aromatic amines is 1. The predicted octanol–water partition coefficient (Wildman–Crippen LogP) is 2.95. The van der Waals surface area contributed by atoms with Crippen LogP contribution in [0.4, 0.5) is 19.1 Å². The average molecular weight is 313 g/mol. The van der Waals surface area contributed by atoms with E-state index < -0.39 is 11.7 Å². The number of carbonyl (C=O) groups excluding carboxylic acids is 1. The molecule has 1 aliphatic heterocycles. The number of ether oxygens (including phenoxy) is 1. The van der Waals surface area contributed by atoms with E-state index in [0.717, 1.165) is 25.0 Å². The van der Waals surface area contributed by atoms with Gasteiger partial charge in [0.1, 0.15) is 0 Å². The minimum atomic E-state index is -4.41. The van der Waals surface area contributed by atoms with Crippen LogP contribution < -0.4 is 5.32 Å². The number of nitrogens with one attached hydrogen (secondary N) is 2. The highest BCUT2D eigenvalue weighted by Gasteiger charge is 2.31. The number of carbonyl (C=O) groups is 1. The summed E-state index contributed by atoms with van der Waals surface area (Å²) in [5, 5.41) is 2.59. The Hall–Kier alpha value is -2.09. The van der Waals surface area contributed by atoms with E-state index in [9.17, 15) is 18.0 Å². The largest absolute Gasteiger partial charge is 0.416 e. The average Bonchev–Trinajstić information content (AvgIpc) is 2.88. The molecule has 0 radical (unpaired) electrons. The molecular weight excluding hydrogens is 299 g/mol. The molecule has 0 bridgehead atoms. The van der Waals surface area contributed by atoms with E-state index in [-0.39, 0.29) is 23.3 Å². The van der Waals surface area contributed by atoms with Crippen LogP contribution in [-0.2, 0) is 15.7 Å². The highest BCUT2D eigenvalue weighted by molar-refractivity contribution is 5.92. The number of alkyl halides is 3. The lowest BCUT2D eigenvalue weighted by molar-refractivity contribution is -0.137. The second-order valence-corrected chi connectivity index (χ2v) is 5.22. The monoisotopic (exact) mass is 313 g/mol. The quantitative estimate of drug-likeness (QED) is 0.896. The number of amides is 1. The third kappa shape index (κ3) is 3.06. The molecule has 5 nitrogen and oxygen atoms in total. The van der Waals surface area contributed by atoms with E-state index in [4.69, 9.17) is 4.74 Å². The van der Waals surface area contributed by atoms with Crippen molar-refractivity contribution >= 4 is 22.9 Å². The second-order valence-electron chi connectivity index (χ2n) is 5.22. The summed E-state index contributed by atoms with van der Waals surface area (Å²) in [5.41, 5.74) is -0.171. The fourth-order valence-electron chi connectivity index (χ4n) is 2.41. The number of halogens is 3. The lowest BCUT2D eigenvalue weighted by atomic mass is 10.0. The molecule has 0 unspecified atom stereocenters. The van der Waals surface area contributed by atoms with Gasteiger partial charge in [-0.15, -0.1) is 0 Å². The Morgan fingerprint density at radius 3 is 2.91 bits per heavy atom. The van der Waals surface area contributed by atoms with Crippen molar-refractivity contribution in [3.8, 4) is 0 Å². The standard InChI is InChI=1S/C14H14F3N3O2/c15-14(16,17)9-3-4-10-11(6-9)19-13(18-10)20-12(21)8-2-1-5-22-7-8/h3-4,6,8H,1-2,5,7H2,(H2,18,19,20,21)/t8-/m1/s1. The van der Waals surface area contributed by atoms with Crippen LogP contribution in [0, 0.1) is 5.92 Å². The third-order valence-electron chi connectivity index (χ3n) is 3.58. The maximum Gasteiger partial charge on any atom is 0.416 e. The Bertz CT molecular complexity index is 690. The normalized spacial score (nSPS) is 19.3. The summed E-state index contributed by atoms with van der Waals surface area (Å²) in [5.74, 6) is -0.354. The minimum Gasteiger partial charge on any atom is -0.381 e. The molecule has 1 aromatic carbocycles. The minimum absolute atomic E-state index is 0.143. The summed E-state index contributed by atoms with van der Waals surface area (Å²) in [6.45, 7) is 0.999. The number of hydrogen-bond acceptors (Lipinski definition) is 3. The SMILES string of the molecule is O=C(Nc1nc2ccc(C(F)(F)F)cc2[nH]1)[C@@H]1CCCOC1. The molecule has 1 amide bonds. The molecule has 2 heterocycles. The molecule has 2 N–H and O–H groups in total. The van der Waals surface area contributed by atoms with E-state index in [2.05, 4.69) is 15.3 Å². The number of anilines is 1. The first-order valence-electron chi connectivity index (χ1n) is 6.89. The van der Waals surface area contributed by atoms with Gasteiger partial charge in [-0.1, -0.05) is 0 Å². The van der Waals surface area contributed by atoms with Gasteiger partial charge >= 0.3 is 6.18 Å². The number of hydrogen-bond donors (Lipinski definition) is 2. The first-order valence-corrected chi connectivity index (χ1v) is 6.89. The first-order chi connectivity index (χ1) is 10.4. The lowest BCUT2D eigenvalue weighted by Gasteiger charge is -2.20. The number of imidazole rings is 1. The molecule has 0 saturated carbocycles. The highest BCUT2D eigenvalue weighted by Crippen LogP contribution is 2.31. The molecule has 0 aliphatic carbocycles. The van der Waals surface area contributed by atoms with Gasteiger partial charge in [-0.05, 0) is 31.0 Å². The molecule has 118 valence electrons. The van der Waals surface area contributed by atoms with Gasteiger partial charge in [0.05, 0.1) is 29.1 Å². The Morgan fingerprint density at radius 2 is 2.23 bits per heavy atom. The van der Waals surface area contributed by atoms with Crippen molar-refractivity contribution < 1.29 is 22.7 Å². The number of nitrogens with zero attached hydrogens (tertiary/aromatic N) is 1. The highest BCUT2D eigenvalue weighted by atomic mass is 19.4. The number of fused-ring (bicyclic) bond motifs is 1. The van der Waals surface area contributed by atoms with Crippen molar-refractivity contribution in [2.24, 2.45) is 5.92 Å². The van der Waals surface area contributed by atoms with Gasteiger partial charge in [-0.3, -0.25) is 10.1 Å². The van der Waals surface area contributed by atoms with E-state index in [1.807, 2.05) is 0 Å². The topological polar surface area (TPSA) is 67.0 Å². The maximum atomic E-state index is 12.7. The van der Waals surface area contributed by atoms with Crippen LogP contribution >= 0.6 is 0 Å². The molecule has 1 saturated heterocycles. The van der Waals surface area contributed by atoms with Gasteiger partial charge in [-0.25, -0.2) is 4.98 Å². The first kappa shape index (κ1) is 14.8. The molecule has 3 rings (SSSR count). The van der Waals surface area contributed by atoms with E-state index in [1.54, 1.807) is 0 Å². The van der Waals surface area contributed by atoms with Crippen molar-refractivity contribution in [1.82, 2.24) is 9.97 Å². The van der Waals surface area contributed by atoms with Crippen molar-refractivity contribution in [1.29, 1.82) is 0 Å². The van der Waals surface area contributed by atoms with Crippen LogP contribution in [0.1, 0.15) is 18.4 Å². The lowest BCUT2D eigenvalue weighted by Crippen LogP contribution is -2.30. The summed E-state index contributed by atoms with van der Waals surface area (Å²) < 4.78 is 43.2. The van der Waals surface area contributed by atoms with Crippen LogP contribution in [0.3, 0.4) is 0 Å². The van der Waals surface area contributed by atoms with Crippen molar-refractivity contribution in [3.63, 3.8) is 0 Å². The van der Waals surface area contributed by atoms with Crippen LogP contribution in [0.2, 0.25) is 0 Å². The van der Waals surface area contributed by atoms with Crippen molar-refractivity contribution in [2.75, 3.05) is 18.5 Å². The van der Waals surface area contributed by atoms with Crippen LogP contribution in [0.5, 0.6) is 0 Å². The maximum absolute atomic E-state index is 12.7.